The Morgan fingerprint density at radius 1 is 0.852 bits per heavy atom. The van der Waals surface area contributed by atoms with Gasteiger partial charge in [0, 0.05) is 10.4 Å². The summed E-state index contributed by atoms with van der Waals surface area (Å²) in [6.45, 7) is 0. The van der Waals surface area contributed by atoms with Crippen molar-refractivity contribution in [2.75, 3.05) is 14.2 Å². The Balaban J connectivity index is 1.94. The number of fused-ring (bicyclic) bond motifs is 3. The van der Waals surface area contributed by atoms with Crippen molar-refractivity contribution in [1.29, 1.82) is 0 Å². The van der Waals surface area contributed by atoms with Crippen LogP contribution < -0.4 is 0 Å². The van der Waals surface area contributed by atoms with Crippen molar-refractivity contribution in [3.05, 3.63) is 70.1 Å². The first-order chi connectivity index (χ1) is 13.1. The molecule has 3 aromatic rings. The summed E-state index contributed by atoms with van der Waals surface area (Å²) in [5.74, 6) is -0.677. The average molecular weight is 378 g/mol. The molecule has 0 bridgehead atoms. The zero-order valence-electron chi connectivity index (χ0n) is 15.1. The molecule has 1 aliphatic carbocycles. The van der Waals surface area contributed by atoms with Gasteiger partial charge in [-0.3, -0.25) is 0 Å². The van der Waals surface area contributed by atoms with E-state index >= 15 is 0 Å². The molecule has 0 spiro atoms. The van der Waals surface area contributed by atoms with E-state index in [2.05, 4.69) is 6.07 Å². The normalized spacial score (nSPS) is 12.1. The minimum atomic E-state index is -0.360. The summed E-state index contributed by atoms with van der Waals surface area (Å²) >= 11 is 1.45. The van der Waals surface area contributed by atoms with Crippen molar-refractivity contribution in [3.63, 3.8) is 0 Å². The molecule has 0 radical (unpaired) electrons. The van der Waals surface area contributed by atoms with Crippen LogP contribution in [0.5, 0.6) is 0 Å². The first kappa shape index (κ1) is 17.5. The molecule has 5 heteroatoms. The van der Waals surface area contributed by atoms with Gasteiger partial charge in [0.1, 0.15) is 4.88 Å². The van der Waals surface area contributed by atoms with Crippen molar-refractivity contribution in [2.45, 2.75) is 12.8 Å². The zero-order valence-corrected chi connectivity index (χ0v) is 15.9. The Bertz CT molecular complexity index is 1050. The van der Waals surface area contributed by atoms with Crippen LogP contribution in [0, 0.1) is 0 Å². The fraction of sp³-hybridized carbons (Fsp3) is 0.182. The fourth-order valence-electron chi connectivity index (χ4n) is 3.60. The van der Waals surface area contributed by atoms with Gasteiger partial charge in [0.2, 0.25) is 0 Å². The van der Waals surface area contributed by atoms with Crippen LogP contribution in [-0.4, -0.2) is 26.2 Å². The summed E-state index contributed by atoms with van der Waals surface area (Å²) in [5.41, 5.74) is 5.81. The maximum absolute atomic E-state index is 12.3. The lowest BCUT2D eigenvalue weighted by molar-refractivity contribution is 0.0594. The van der Waals surface area contributed by atoms with Gasteiger partial charge in [-0.1, -0.05) is 36.4 Å². The number of methoxy groups -OCH3 is 2. The predicted molar refractivity (Wildman–Crippen MR) is 105 cm³/mol. The summed E-state index contributed by atoms with van der Waals surface area (Å²) in [6, 6.07) is 15.5. The Hall–Kier alpha value is -2.92. The molecule has 2 aromatic carbocycles. The van der Waals surface area contributed by atoms with E-state index in [-0.39, 0.29) is 11.9 Å². The smallest absolute Gasteiger partial charge is 0.348 e. The van der Waals surface area contributed by atoms with Crippen molar-refractivity contribution in [1.82, 2.24) is 0 Å². The number of carbonyl (C=O) groups excluding carboxylic acids is 2. The molecule has 0 saturated heterocycles. The Labute approximate surface area is 161 Å². The highest BCUT2D eigenvalue weighted by Crippen LogP contribution is 2.45. The molecular formula is C22H18O4S. The first-order valence-electron chi connectivity index (χ1n) is 8.65. The third kappa shape index (κ3) is 2.94. The van der Waals surface area contributed by atoms with Gasteiger partial charge in [-0.15, -0.1) is 11.3 Å². The SMILES string of the molecule is COC(=O)c1cc2c(s1)-c1c(cccc1-c1ccccc1C(=O)OC)CC2. The molecule has 0 unspecified atom stereocenters. The Morgan fingerprint density at radius 3 is 2.33 bits per heavy atom. The highest BCUT2D eigenvalue weighted by molar-refractivity contribution is 7.17. The first-order valence-corrected chi connectivity index (χ1v) is 9.46. The number of hydrogen-bond donors (Lipinski definition) is 0. The van der Waals surface area contributed by atoms with Crippen molar-refractivity contribution in [3.8, 4) is 21.6 Å². The molecule has 0 aliphatic heterocycles. The summed E-state index contributed by atoms with van der Waals surface area (Å²) in [6.07, 6.45) is 1.78. The van der Waals surface area contributed by atoms with Crippen LogP contribution in [0.3, 0.4) is 0 Å². The average Bonchev–Trinajstić information content (AvgIpc) is 3.16. The molecular weight excluding hydrogens is 360 g/mol. The van der Waals surface area contributed by atoms with Crippen LogP contribution in [0.25, 0.3) is 21.6 Å². The molecule has 4 nitrogen and oxygen atoms in total. The Kier molecular flexibility index (Phi) is 4.54. The Morgan fingerprint density at radius 2 is 1.56 bits per heavy atom. The van der Waals surface area contributed by atoms with E-state index in [1.807, 2.05) is 36.4 Å². The van der Waals surface area contributed by atoms with Crippen LogP contribution >= 0.6 is 11.3 Å². The van der Waals surface area contributed by atoms with Gasteiger partial charge >= 0.3 is 11.9 Å². The lowest BCUT2D eigenvalue weighted by atomic mass is 9.85. The number of rotatable bonds is 3. The maximum Gasteiger partial charge on any atom is 0.348 e. The number of aryl methyl sites for hydroxylation is 2. The fourth-order valence-corrected chi connectivity index (χ4v) is 4.83. The zero-order chi connectivity index (χ0) is 19.0. The lowest BCUT2D eigenvalue weighted by Gasteiger charge is -2.21. The van der Waals surface area contributed by atoms with Crippen molar-refractivity contribution in [2.24, 2.45) is 0 Å². The van der Waals surface area contributed by atoms with Crippen LogP contribution in [0.2, 0.25) is 0 Å². The van der Waals surface area contributed by atoms with E-state index in [4.69, 9.17) is 9.47 Å². The maximum atomic E-state index is 12.3. The van der Waals surface area contributed by atoms with Gasteiger partial charge in [0.05, 0.1) is 19.8 Å². The van der Waals surface area contributed by atoms with Crippen LogP contribution in [0.1, 0.15) is 31.2 Å². The third-order valence-corrected chi connectivity index (χ3v) is 6.03. The summed E-state index contributed by atoms with van der Waals surface area (Å²) in [5, 5.41) is 0. The van der Waals surface area contributed by atoms with E-state index in [9.17, 15) is 9.59 Å². The van der Waals surface area contributed by atoms with Gasteiger partial charge in [-0.25, -0.2) is 9.59 Å². The molecule has 1 heterocycles. The molecule has 0 fully saturated rings. The molecule has 0 amide bonds. The van der Waals surface area contributed by atoms with Gasteiger partial charge in [-0.05, 0) is 47.2 Å². The molecule has 0 atom stereocenters. The van der Waals surface area contributed by atoms with E-state index in [1.54, 1.807) is 6.07 Å². The van der Waals surface area contributed by atoms with E-state index < -0.39 is 0 Å². The number of carbonyl (C=O) groups is 2. The summed E-state index contributed by atoms with van der Waals surface area (Å²) < 4.78 is 9.86. The second kappa shape index (κ2) is 7.00. The third-order valence-electron chi connectivity index (χ3n) is 4.86. The number of thiophene rings is 1. The molecule has 1 aromatic heterocycles. The topological polar surface area (TPSA) is 52.6 Å². The minimum Gasteiger partial charge on any atom is -0.465 e. The number of hydrogen-bond acceptors (Lipinski definition) is 5. The second-order valence-electron chi connectivity index (χ2n) is 6.33. The molecule has 1 aliphatic rings. The predicted octanol–water partition coefficient (Wildman–Crippen LogP) is 4.75. The summed E-state index contributed by atoms with van der Waals surface area (Å²) in [4.78, 5) is 26.0. The molecule has 4 rings (SSSR count). The molecule has 0 saturated carbocycles. The highest BCUT2D eigenvalue weighted by atomic mass is 32.1. The minimum absolute atomic E-state index is 0.316. The highest BCUT2D eigenvalue weighted by Gasteiger charge is 2.26. The van der Waals surface area contributed by atoms with Crippen LogP contribution in [-0.2, 0) is 22.3 Å². The van der Waals surface area contributed by atoms with Gasteiger partial charge < -0.3 is 9.47 Å². The second-order valence-corrected chi connectivity index (χ2v) is 7.39. The largest absolute Gasteiger partial charge is 0.465 e. The summed E-state index contributed by atoms with van der Waals surface area (Å²) in [7, 11) is 2.78. The van der Waals surface area contributed by atoms with E-state index in [1.165, 1.54) is 31.1 Å². The van der Waals surface area contributed by atoms with Crippen molar-refractivity contribution >= 4 is 23.3 Å². The van der Waals surface area contributed by atoms with E-state index in [0.717, 1.165) is 40.0 Å². The number of benzene rings is 2. The number of ether oxygens (including phenoxy) is 2. The quantitative estimate of drug-likeness (QED) is 0.617. The van der Waals surface area contributed by atoms with E-state index in [0.29, 0.717) is 10.4 Å². The van der Waals surface area contributed by atoms with Gasteiger partial charge in [-0.2, -0.15) is 0 Å². The van der Waals surface area contributed by atoms with Crippen LogP contribution in [0.4, 0.5) is 0 Å². The molecule has 27 heavy (non-hydrogen) atoms. The molecule has 0 N–H and O–H groups in total. The molecule has 136 valence electrons. The van der Waals surface area contributed by atoms with Crippen LogP contribution in [0.15, 0.2) is 48.5 Å². The number of esters is 2. The monoisotopic (exact) mass is 378 g/mol. The van der Waals surface area contributed by atoms with Gasteiger partial charge in [0.15, 0.2) is 0 Å². The van der Waals surface area contributed by atoms with Gasteiger partial charge in [0.25, 0.3) is 0 Å². The lowest BCUT2D eigenvalue weighted by Crippen LogP contribution is -2.06. The standard InChI is InChI=1S/C22H18O4S/c1-25-21(23)17-8-4-3-7-15(17)16-9-5-6-13-10-11-14-12-18(22(24)26-2)27-20(14)19(13)16/h3-9,12H,10-11H2,1-2H3. The van der Waals surface area contributed by atoms with Crippen molar-refractivity contribution < 1.29 is 19.1 Å².